The van der Waals surface area contributed by atoms with Gasteiger partial charge < -0.3 is 11.5 Å². The van der Waals surface area contributed by atoms with Crippen LogP contribution in [0, 0.1) is 10.8 Å². The third-order valence-electron chi connectivity index (χ3n) is 3.38. The molecular formula is C16H17Cl2N7. The zero-order chi connectivity index (χ0) is 16.4. The summed E-state index contributed by atoms with van der Waals surface area (Å²) in [5.41, 5.74) is 14.5. The van der Waals surface area contributed by atoms with E-state index in [2.05, 4.69) is 10.3 Å². The molecule has 0 unspecified atom stereocenters. The highest BCUT2D eigenvalue weighted by molar-refractivity contribution is 5.96. The van der Waals surface area contributed by atoms with Gasteiger partial charge in [-0.3, -0.25) is 10.8 Å². The molecule has 9 heteroatoms. The predicted octanol–water partition coefficient (Wildman–Crippen LogP) is 2.35. The average molecular weight is 378 g/mol. The second-order valence-electron chi connectivity index (χ2n) is 5.01. The van der Waals surface area contributed by atoms with Crippen LogP contribution in [-0.2, 0) is 0 Å². The fraction of sp³-hybridized carbons (Fsp3) is 0. The lowest BCUT2D eigenvalue weighted by molar-refractivity contribution is 0.803. The van der Waals surface area contributed by atoms with Crippen molar-refractivity contribution in [3.63, 3.8) is 0 Å². The molecule has 3 aromatic rings. The molecule has 2 aromatic carbocycles. The lowest BCUT2D eigenvalue weighted by Gasteiger charge is -2.03. The summed E-state index contributed by atoms with van der Waals surface area (Å²) in [5, 5.41) is 23.3. The van der Waals surface area contributed by atoms with E-state index in [1.54, 1.807) is 35.1 Å². The zero-order valence-electron chi connectivity index (χ0n) is 13.0. The molecule has 7 nitrogen and oxygen atoms in total. The van der Waals surface area contributed by atoms with Crippen LogP contribution in [0.4, 0.5) is 0 Å². The SMILES string of the molecule is Cl.Cl.N=C(N)c1cccc(-c2cn(-c3cccc(C(=N)N)c3)nn2)c1. The Morgan fingerprint density at radius 3 is 2.12 bits per heavy atom. The van der Waals surface area contributed by atoms with Crippen LogP contribution in [-0.4, -0.2) is 26.7 Å². The number of hydrogen-bond acceptors (Lipinski definition) is 4. The van der Waals surface area contributed by atoms with Crippen molar-refractivity contribution in [1.29, 1.82) is 10.8 Å². The molecule has 0 atom stereocenters. The van der Waals surface area contributed by atoms with E-state index in [9.17, 15) is 0 Å². The van der Waals surface area contributed by atoms with Crippen molar-refractivity contribution in [3.05, 3.63) is 65.9 Å². The van der Waals surface area contributed by atoms with E-state index in [1.165, 1.54) is 0 Å². The fourth-order valence-electron chi connectivity index (χ4n) is 2.18. The van der Waals surface area contributed by atoms with Crippen LogP contribution in [0.5, 0.6) is 0 Å². The first kappa shape index (κ1) is 20.1. The van der Waals surface area contributed by atoms with Gasteiger partial charge in [0.2, 0.25) is 0 Å². The Kier molecular flexibility index (Phi) is 6.67. The molecular weight excluding hydrogens is 361 g/mol. The van der Waals surface area contributed by atoms with Crippen LogP contribution in [0.2, 0.25) is 0 Å². The molecule has 0 radical (unpaired) electrons. The lowest BCUT2D eigenvalue weighted by atomic mass is 10.1. The maximum absolute atomic E-state index is 7.50. The monoisotopic (exact) mass is 377 g/mol. The minimum Gasteiger partial charge on any atom is -0.384 e. The standard InChI is InChI=1S/C16H15N7.2ClH/c17-15(18)11-4-1-3-10(7-11)14-9-23(22-21-14)13-6-2-5-12(8-13)16(19)20;;/h1-9H,(H3,17,18)(H3,19,20);2*1H. The molecule has 0 fully saturated rings. The van der Waals surface area contributed by atoms with Crippen molar-refractivity contribution >= 4 is 36.5 Å². The normalized spacial score (nSPS) is 9.60. The van der Waals surface area contributed by atoms with Crippen LogP contribution in [0.15, 0.2) is 54.7 Å². The van der Waals surface area contributed by atoms with Gasteiger partial charge in [-0.2, -0.15) is 0 Å². The third kappa shape index (κ3) is 4.34. The van der Waals surface area contributed by atoms with Crippen molar-refractivity contribution < 1.29 is 0 Å². The highest BCUT2D eigenvalue weighted by atomic mass is 35.5. The molecule has 0 bridgehead atoms. The Balaban J connectivity index is 0.00000156. The number of nitrogens with one attached hydrogen (secondary N) is 2. The van der Waals surface area contributed by atoms with Crippen molar-refractivity contribution in [3.8, 4) is 16.9 Å². The molecule has 0 aliphatic heterocycles. The molecule has 0 aliphatic carbocycles. The van der Waals surface area contributed by atoms with E-state index < -0.39 is 0 Å². The Morgan fingerprint density at radius 1 is 0.880 bits per heavy atom. The molecule has 130 valence electrons. The Labute approximate surface area is 156 Å². The second-order valence-corrected chi connectivity index (χ2v) is 5.01. The number of benzene rings is 2. The third-order valence-corrected chi connectivity index (χ3v) is 3.38. The van der Waals surface area contributed by atoms with Gasteiger partial charge in [-0.25, -0.2) is 4.68 Å². The zero-order valence-corrected chi connectivity index (χ0v) is 14.6. The quantitative estimate of drug-likeness (QED) is 0.410. The number of hydrogen-bond donors (Lipinski definition) is 4. The van der Waals surface area contributed by atoms with Crippen LogP contribution in [0.3, 0.4) is 0 Å². The molecule has 0 amide bonds. The van der Waals surface area contributed by atoms with E-state index in [-0.39, 0.29) is 36.5 Å². The van der Waals surface area contributed by atoms with Gasteiger partial charge in [0.15, 0.2) is 0 Å². The maximum atomic E-state index is 7.50. The lowest BCUT2D eigenvalue weighted by Crippen LogP contribution is -2.11. The van der Waals surface area contributed by atoms with Crippen LogP contribution in [0.25, 0.3) is 16.9 Å². The summed E-state index contributed by atoms with van der Waals surface area (Å²) in [7, 11) is 0. The number of amidine groups is 2. The molecule has 6 N–H and O–H groups in total. The van der Waals surface area contributed by atoms with E-state index in [1.807, 2.05) is 24.3 Å². The van der Waals surface area contributed by atoms with E-state index in [0.29, 0.717) is 16.8 Å². The van der Waals surface area contributed by atoms with E-state index in [4.69, 9.17) is 22.3 Å². The van der Waals surface area contributed by atoms with Gasteiger partial charge in [0.1, 0.15) is 17.4 Å². The van der Waals surface area contributed by atoms with Gasteiger partial charge >= 0.3 is 0 Å². The number of halogens is 2. The van der Waals surface area contributed by atoms with Gasteiger partial charge in [-0.1, -0.05) is 35.5 Å². The largest absolute Gasteiger partial charge is 0.384 e. The molecule has 0 saturated carbocycles. The summed E-state index contributed by atoms with van der Waals surface area (Å²) in [6.07, 6.45) is 1.78. The van der Waals surface area contributed by atoms with Crippen LogP contribution < -0.4 is 11.5 Å². The average Bonchev–Trinajstić information content (AvgIpc) is 3.05. The summed E-state index contributed by atoms with van der Waals surface area (Å²) in [4.78, 5) is 0. The molecule has 0 spiro atoms. The van der Waals surface area contributed by atoms with Gasteiger partial charge in [-0.15, -0.1) is 29.9 Å². The Bertz CT molecular complexity index is 833. The fourth-order valence-corrected chi connectivity index (χ4v) is 2.18. The van der Waals surface area contributed by atoms with Crippen molar-refractivity contribution in [2.45, 2.75) is 0 Å². The first-order valence-electron chi connectivity index (χ1n) is 6.86. The number of nitrogen functional groups attached to an aromatic ring is 2. The summed E-state index contributed by atoms with van der Waals surface area (Å²) in [6, 6.07) is 14.5. The van der Waals surface area contributed by atoms with Gasteiger partial charge in [-0.05, 0) is 18.2 Å². The van der Waals surface area contributed by atoms with Crippen molar-refractivity contribution in [2.24, 2.45) is 11.5 Å². The van der Waals surface area contributed by atoms with E-state index in [0.717, 1.165) is 11.3 Å². The van der Waals surface area contributed by atoms with Crippen molar-refractivity contribution in [1.82, 2.24) is 15.0 Å². The van der Waals surface area contributed by atoms with E-state index >= 15 is 0 Å². The van der Waals surface area contributed by atoms with Crippen molar-refractivity contribution in [2.75, 3.05) is 0 Å². The number of nitrogens with two attached hydrogens (primary N) is 2. The second kappa shape index (κ2) is 8.27. The minimum atomic E-state index is 0. The van der Waals surface area contributed by atoms with Gasteiger partial charge in [0.05, 0.1) is 11.9 Å². The Morgan fingerprint density at radius 2 is 1.48 bits per heavy atom. The smallest absolute Gasteiger partial charge is 0.122 e. The first-order chi connectivity index (χ1) is 11.0. The molecule has 1 heterocycles. The summed E-state index contributed by atoms with van der Waals surface area (Å²) in [5.74, 6) is 0.00903. The molecule has 1 aromatic heterocycles. The first-order valence-corrected chi connectivity index (χ1v) is 6.86. The number of aromatic nitrogens is 3. The topological polar surface area (TPSA) is 130 Å². The minimum absolute atomic E-state index is 0. The molecule has 0 saturated heterocycles. The highest BCUT2D eigenvalue weighted by Crippen LogP contribution is 2.19. The predicted molar refractivity (Wildman–Crippen MR) is 103 cm³/mol. The summed E-state index contributed by atoms with van der Waals surface area (Å²) >= 11 is 0. The molecule has 3 rings (SSSR count). The molecule has 0 aliphatic rings. The van der Waals surface area contributed by atoms with Gasteiger partial charge in [0.25, 0.3) is 0 Å². The van der Waals surface area contributed by atoms with Crippen LogP contribution in [0.1, 0.15) is 11.1 Å². The summed E-state index contributed by atoms with van der Waals surface area (Å²) in [6.45, 7) is 0. The highest BCUT2D eigenvalue weighted by Gasteiger charge is 2.08. The maximum Gasteiger partial charge on any atom is 0.122 e. The Hall–Kier alpha value is -2.90. The van der Waals surface area contributed by atoms with Gasteiger partial charge in [0, 0.05) is 16.7 Å². The number of rotatable bonds is 4. The number of nitrogens with zero attached hydrogens (tertiary/aromatic N) is 3. The summed E-state index contributed by atoms with van der Waals surface area (Å²) < 4.78 is 1.61. The van der Waals surface area contributed by atoms with Crippen LogP contribution >= 0.6 is 24.8 Å². The molecule has 25 heavy (non-hydrogen) atoms.